The molecule has 1 fully saturated rings. The molecule has 228 valence electrons. The quantitative estimate of drug-likeness (QED) is 0.0412. The predicted octanol–water partition coefficient (Wildman–Crippen LogP) is 6.22. The van der Waals surface area contributed by atoms with Crippen molar-refractivity contribution in [2.24, 2.45) is 0 Å². The van der Waals surface area contributed by atoms with Crippen LogP contribution in [0.3, 0.4) is 0 Å². The number of non-ortho nitro benzene ring substituents is 1. The van der Waals surface area contributed by atoms with Gasteiger partial charge in [-0.25, -0.2) is 9.78 Å². The van der Waals surface area contributed by atoms with Crippen LogP contribution in [0, 0.1) is 24.0 Å². The van der Waals surface area contributed by atoms with E-state index < -0.39 is 34.4 Å². The van der Waals surface area contributed by atoms with E-state index in [9.17, 15) is 29.6 Å². The summed E-state index contributed by atoms with van der Waals surface area (Å²) in [6.45, 7) is 7.12. The van der Waals surface area contributed by atoms with Gasteiger partial charge in [0.1, 0.15) is 29.6 Å². The molecule has 0 saturated carbocycles. The number of thiazole rings is 1. The fourth-order valence-electron chi connectivity index (χ4n) is 4.88. The van der Waals surface area contributed by atoms with Crippen LogP contribution in [0.25, 0.3) is 5.76 Å². The molecule has 1 aliphatic heterocycles. The van der Waals surface area contributed by atoms with E-state index in [0.29, 0.717) is 17.9 Å². The van der Waals surface area contributed by atoms with Gasteiger partial charge in [0.2, 0.25) is 0 Å². The first-order valence-electron chi connectivity index (χ1n) is 13.7. The van der Waals surface area contributed by atoms with Crippen molar-refractivity contribution in [1.82, 2.24) is 4.98 Å². The lowest BCUT2D eigenvalue weighted by Crippen LogP contribution is -2.29. The van der Waals surface area contributed by atoms with Crippen molar-refractivity contribution in [3.05, 3.63) is 134 Å². The fraction of sp³-hybridized carbons (Fsp3) is 0.152. The van der Waals surface area contributed by atoms with E-state index in [4.69, 9.17) is 9.47 Å². The van der Waals surface area contributed by atoms with Crippen molar-refractivity contribution in [2.75, 3.05) is 11.5 Å². The zero-order chi connectivity index (χ0) is 32.2. The summed E-state index contributed by atoms with van der Waals surface area (Å²) >= 11 is 0.826. The number of nitro groups is 1. The monoisotopic (exact) mass is 625 g/mol. The van der Waals surface area contributed by atoms with Gasteiger partial charge in [-0.3, -0.25) is 24.6 Å². The minimum atomic E-state index is -1.29. The van der Waals surface area contributed by atoms with Crippen molar-refractivity contribution >= 4 is 45.6 Å². The van der Waals surface area contributed by atoms with Crippen LogP contribution in [-0.4, -0.2) is 39.3 Å². The predicted molar refractivity (Wildman–Crippen MR) is 167 cm³/mol. The molecule has 12 heteroatoms. The Morgan fingerprint density at radius 1 is 1.11 bits per heavy atom. The molecular formula is C33H27N3O8S. The lowest BCUT2D eigenvalue weighted by molar-refractivity contribution is -0.384. The third-order valence-electron chi connectivity index (χ3n) is 7.04. The number of rotatable bonds is 10. The van der Waals surface area contributed by atoms with Crippen molar-refractivity contribution in [3.8, 4) is 5.75 Å². The number of hydrogen-bond donors (Lipinski definition) is 1. The molecule has 0 radical (unpaired) electrons. The molecule has 11 nitrogen and oxygen atoms in total. The van der Waals surface area contributed by atoms with Gasteiger partial charge < -0.3 is 14.6 Å². The molecule has 4 aromatic rings. The lowest BCUT2D eigenvalue weighted by Gasteiger charge is -2.23. The summed E-state index contributed by atoms with van der Waals surface area (Å²) in [5.41, 5.74) is 1.74. The first-order valence-corrected chi connectivity index (χ1v) is 14.5. The third-order valence-corrected chi connectivity index (χ3v) is 8.17. The van der Waals surface area contributed by atoms with Crippen molar-refractivity contribution < 1.29 is 33.9 Å². The molecule has 5 rings (SSSR count). The highest BCUT2D eigenvalue weighted by molar-refractivity contribution is 7.17. The van der Waals surface area contributed by atoms with Crippen molar-refractivity contribution in [3.63, 3.8) is 0 Å². The largest absolute Gasteiger partial charge is 0.507 e. The number of ether oxygens (including phenoxy) is 2. The number of aryl methyl sites for hydroxylation is 2. The minimum Gasteiger partial charge on any atom is -0.507 e. The number of ketones is 1. The smallest absolute Gasteiger partial charge is 0.350 e. The van der Waals surface area contributed by atoms with E-state index in [1.165, 1.54) is 30.3 Å². The number of aromatic nitrogens is 1. The average Bonchev–Trinajstić information content (AvgIpc) is 3.55. The number of benzene rings is 3. The van der Waals surface area contributed by atoms with E-state index in [-0.39, 0.29) is 44.7 Å². The Morgan fingerprint density at radius 2 is 1.87 bits per heavy atom. The number of carbonyl (C=O) groups excluding carboxylic acids is 3. The van der Waals surface area contributed by atoms with Gasteiger partial charge in [-0.15, -0.1) is 0 Å². The Kier molecular flexibility index (Phi) is 8.86. The first kappa shape index (κ1) is 30.8. The van der Waals surface area contributed by atoms with Crippen LogP contribution >= 0.6 is 11.3 Å². The first-order chi connectivity index (χ1) is 21.6. The molecule has 0 bridgehead atoms. The topological polar surface area (TPSA) is 149 Å². The van der Waals surface area contributed by atoms with E-state index in [1.54, 1.807) is 32.0 Å². The Morgan fingerprint density at radius 3 is 2.56 bits per heavy atom. The molecule has 1 aliphatic rings. The normalized spacial score (nSPS) is 15.6. The molecule has 45 heavy (non-hydrogen) atoms. The molecule has 3 aromatic carbocycles. The van der Waals surface area contributed by atoms with Gasteiger partial charge in [0.15, 0.2) is 5.13 Å². The second-order valence-corrected chi connectivity index (χ2v) is 11.1. The molecule has 0 aliphatic carbocycles. The highest BCUT2D eigenvalue weighted by atomic mass is 32.1. The summed E-state index contributed by atoms with van der Waals surface area (Å²) in [7, 11) is 0. The highest BCUT2D eigenvalue weighted by Gasteiger charge is 2.48. The second kappa shape index (κ2) is 12.9. The Labute approximate surface area is 261 Å². The van der Waals surface area contributed by atoms with E-state index in [2.05, 4.69) is 11.6 Å². The summed E-state index contributed by atoms with van der Waals surface area (Å²) in [5, 5.41) is 23.2. The SMILES string of the molecule is C=CCOC(=O)c1sc(N2C(=O)C(=O)C(=C(O)c3ccc(OCc4ccccc4)c(C)c3)C2c2cccc([N+](=O)[O-])c2)nc1C. The Bertz CT molecular complexity index is 1860. The molecule has 1 N–H and O–H groups in total. The molecule has 0 spiro atoms. The number of aliphatic hydroxyl groups is 1. The van der Waals surface area contributed by atoms with Crippen molar-refractivity contribution in [1.29, 1.82) is 0 Å². The number of amides is 1. The summed E-state index contributed by atoms with van der Waals surface area (Å²) < 4.78 is 11.1. The van der Waals surface area contributed by atoms with Crippen molar-refractivity contribution in [2.45, 2.75) is 26.5 Å². The lowest BCUT2D eigenvalue weighted by atomic mass is 9.94. The molecule has 1 aromatic heterocycles. The zero-order valence-electron chi connectivity index (χ0n) is 24.3. The Balaban J connectivity index is 1.59. The average molecular weight is 626 g/mol. The Hall–Kier alpha value is -5.62. The van der Waals surface area contributed by atoms with Crippen LogP contribution in [-0.2, 0) is 20.9 Å². The van der Waals surface area contributed by atoms with Gasteiger partial charge in [-0.1, -0.05) is 66.5 Å². The van der Waals surface area contributed by atoms with Gasteiger partial charge in [-0.2, -0.15) is 0 Å². The van der Waals surface area contributed by atoms with Gasteiger partial charge in [-0.05, 0) is 48.7 Å². The van der Waals surface area contributed by atoms with E-state index in [0.717, 1.165) is 21.8 Å². The van der Waals surface area contributed by atoms with Gasteiger partial charge >= 0.3 is 11.9 Å². The molecular weight excluding hydrogens is 598 g/mol. The summed E-state index contributed by atoms with van der Waals surface area (Å²) in [4.78, 5) is 56.3. The van der Waals surface area contributed by atoms with Crippen LogP contribution < -0.4 is 9.64 Å². The summed E-state index contributed by atoms with van der Waals surface area (Å²) in [6, 6.07) is 18.5. The van der Waals surface area contributed by atoms with Gasteiger partial charge in [0.05, 0.1) is 22.2 Å². The van der Waals surface area contributed by atoms with Crippen LogP contribution in [0.2, 0.25) is 0 Å². The highest BCUT2D eigenvalue weighted by Crippen LogP contribution is 2.44. The summed E-state index contributed by atoms with van der Waals surface area (Å²) in [6.07, 6.45) is 1.40. The summed E-state index contributed by atoms with van der Waals surface area (Å²) in [5.74, 6) is -2.66. The van der Waals surface area contributed by atoms with Crippen LogP contribution in [0.1, 0.15) is 43.7 Å². The standard InChI is InChI=1S/C33H27N3O8S/c1-4-15-43-32(40)30-20(3)34-33(45-30)35-27(22-11-8-12-24(17-22)36(41)42)26(29(38)31(35)39)28(37)23-13-14-25(19(2)16-23)44-18-21-9-6-5-7-10-21/h4-14,16-17,27,37H,1,15,18H2,2-3H3. The van der Waals surface area contributed by atoms with Crippen LogP contribution in [0.15, 0.2) is 91.0 Å². The maximum Gasteiger partial charge on any atom is 0.350 e. The third kappa shape index (κ3) is 6.22. The molecule has 1 atom stereocenters. The number of aliphatic hydroxyl groups excluding tert-OH is 1. The van der Waals surface area contributed by atoms with Gasteiger partial charge in [0.25, 0.3) is 11.5 Å². The fourth-order valence-corrected chi connectivity index (χ4v) is 5.87. The second-order valence-electron chi connectivity index (χ2n) is 10.1. The number of Topliss-reactive ketones (excluding diaryl/α,β-unsaturated/α-hetero) is 1. The zero-order valence-corrected chi connectivity index (χ0v) is 25.1. The van der Waals surface area contributed by atoms with Gasteiger partial charge in [0, 0.05) is 17.7 Å². The minimum absolute atomic E-state index is 0.0171. The maximum absolute atomic E-state index is 13.6. The number of nitro benzene ring substituents is 1. The molecule has 2 heterocycles. The number of anilines is 1. The number of nitrogens with zero attached hydrogens (tertiary/aromatic N) is 3. The molecule has 1 saturated heterocycles. The van der Waals surface area contributed by atoms with E-state index >= 15 is 0 Å². The maximum atomic E-state index is 13.6. The molecule has 1 unspecified atom stereocenters. The number of esters is 1. The van der Waals surface area contributed by atoms with Crippen LogP contribution in [0.4, 0.5) is 10.8 Å². The van der Waals surface area contributed by atoms with E-state index in [1.807, 2.05) is 30.3 Å². The molecule has 1 amide bonds. The van der Waals surface area contributed by atoms with Crippen LogP contribution in [0.5, 0.6) is 5.75 Å². The number of carbonyl (C=O) groups is 3. The number of hydrogen-bond acceptors (Lipinski definition) is 10.